The molecule has 0 fully saturated rings. The second kappa shape index (κ2) is 7.88. The first-order valence-electron chi connectivity index (χ1n) is 6.65. The molecule has 1 nitrogen and oxygen atoms in total. The molecule has 0 radical (unpaired) electrons. The molecule has 96 valence electrons. The Morgan fingerprint density at radius 3 is 2.65 bits per heavy atom. The molecule has 1 rings (SSSR count). The predicted octanol–water partition coefficient (Wildman–Crippen LogP) is 4.41. The standard InChI is InChI=1S/C15H24BrN/c1-4-9-17-12(3)14(5-2)10-13-7-6-8-15(16)11-13/h6-8,11-12,14,17H,4-5,9-10H2,1-3H3. The van der Waals surface area contributed by atoms with Crippen molar-refractivity contribution in [3.63, 3.8) is 0 Å². The van der Waals surface area contributed by atoms with Gasteiger partial charge in [-0.1, -0.05) is 48.3 Å². The lowest BCUT2D eigenvalue weighted by atomic mass is 9.91. The van der Waals surface area contributed by atoms with E-state index in [1.165, 1.54) is 22.9 Å². The van der Waals surface area contributed by atoms with Gasteiger partial charge in [-0.25, -0.2) is 0 Å². The normalized spacial score (nSPS) is 14.6. The fourth-order valence-corrected chi connectivity index (χ4v) is 2.63. The van der Waals surface area contributed by atoms with Gasteiger partial charge in [-0.3, -0.25) is 0 Å². The SMILES string of the molecule is CCCNC(C)C(CC)Cc1cccc(Br)c1. The number of halogens is 1. The molecule has 2 heteroatoms. The first kappa shape index (κ1) is 14.7. The van der Waals surface area contributed by atoms with Gasteiger partial charge in [0.25, 0.3) is 0 Å². The topological polar surface area (TPSA) is 12.0 Å². The van der Waals surface area contributed by atoms with E-state index in [9.17, 15) is 0 Å². The Morgan fingerprint density at radius 2 is 2.06 bits per heavy atom. The van der Waals surface area contributed by atoms with Crippen molar-refractivity contribution in [2.75, 3.05) is 6.54 Å². The Bertz CT molecular complexity index is 324. The van der Waals surface area contributed by atoms with Crippen LogP contribution in [0.4, 0.5) is 0 Å². The number of hydrogen-bond donors (Lipinski definition) is 1. The molecule has 1 aromatic carbocycles. The minimum Gasteiger partial charge on any atom is -0.314 e. The van der Waals surface area contributed by atoms with Crippen molar-refractivity contribution in [2.24, 2.45) is 5.92 Å². The largest absolute Gasteiger partial charge is 0.314 e. The summed E-state index contributed by atoms with van der Waals surface area (Å²) in [5.41, 5.74) is 1.43. The maximum absolute atomic E-state index is 3.61. The van der Waals surface area contributed by atoms with Gasteiger partial charge in [0.1, 0.15) is 0 Å². The summed E-state index contributed by atoms with van der Waals surface area (Å²) in [6.45, 7) is 7.93. The van der Waals surface area contributed by atoms with Gasteiger partial charge >= 0.3 is 0 Å². The molecule has 17 heavy (non-hydrogen) atoms. The van der Waals surface area contributed by atoms with Gasteiger partial charge in [0.15, 0.2) is 0 Å². The molecule has 2 unspecified atom stereocenters. The Hall–Kier alpha value is -0.340. The molecule has 2 atom stereocenters. The summed E-state index contributed by atoms with van der Waals surface area (Å²) in [6, 6.07) is 9.26. The van der Waals surface area contributed by atoms with E-state index in [1.54, 1.807) is 0 Å². The minimum absolute atomic E-state index is 0.596. The third kappa shape index (κ3) is 5.22. The van der Waals surface area contributed by atoms with Crippen molar-refractivity contribution in [2.45, 2.75) is 46.1 Å². The predicted molar refractivity (Wildman–Crippen MR) is 79.4 cm³/mol. The molecule has 0 spiro atoms. The first-order valence-corrected chi connectivity index (χ1v) is 7.44. The molecular formula is C15H24BrN. The third-order valence-corrected chi connectivity index (χ3v) is 3.83. The van der Waals surface area contributed by atoms with E-state index >= 15 is 0 Å². The van der Waals surface area contributed by atoms with E-state index in [4.69, 9.17) is 0 Å². The van der Waals surface area contributed by atoms with Crippen LogP contribution in [0.15, 0.2) is 28.7 Å². The van der Waals surface area contributed by atoms with Crippen LogP contribution in [0.5, 0.6) is 0 Å². The fourth-order valence-electron chi connectivity index (χ4n) is 2.18. The summed E-state index contributed by atoms with van der Waals surface area (Å²) in [5, 5.41) is 3.61. The average molecular weight is 298 g/mol. The van der Waals surface area contributed by atoms with E-state index in [0.29, 0.717) is 6.04 Å². The highest BCUT2D eigenvalue weighted by Gasteiger charge is 2.15. The van der Waals surface area contributed by atoms with Gasteiger partial charge in [-0.2, -0.15) is 0 Å². The van der Waals surface area contributed by atoms with E-state index < -0.39 is 0 Å². The van der Waals surface area contributed by atoms with Crippen LogP contribution in [0.25, 0.3) is 0 Å². The molecule has 0 aromatic heterocycles. The molecule has 1 aromatic rings. The number of rotatable bonds is 7. The number of benzene rings is 1. The molecule has 0 saturated heterocycles. The molecule has 0 saturated carbocycles. The molecule has 0 aliphatic rings. The molecule has 0 amide bonds. The molecule has 0 aliphatic heterocycles. The number of nitrogens with one attached hydrogen (secondary N) is 1. The summed E-state index contributed by atoms with van der Waals surface area (Å²) < 4.78 is 1.18. The third-order valence-electron chi connectivity index (χ3n) is 3.33. The van der Waals surface area contributed by atoms with Crippen LogP contribution < -0.4 is 5.32 Å². The zero-order valence-corrected chi connectivity index (χ0v) is 12.8. The van der Waals surface area contributed by atoms with Crippen molar-refractivity contribution >= 4 is 15.9 Å². The van der Waals surface area contributed by atoms with Crippen LogP contribution in [0, 0.1) is 5.92 Å². The number of hydrogen-bond acceptors (Lipinski definition) is 1. The molecule has 0 bridgehead atoms. The minimum atomic E-state index is 0.596. The summed E-state index contributed by atoms with van der Waals surface area (Å²) >= 11 is 3.54. The highest BCUT2D eigenvalue weighted by atomic mass is 79.9. The molecule has 1 N–H and O–H groups in total. The Kier molecular flexibility index (Phi) is 6.83. The highest BCUT2D eigenvalue weighted by molar-refractivity contribution is 9.10. The van der Waals surface area contributed by atoms with Crippen LogP contribution >= 0.6 is 15.9 Å². The van der Waals surface area contributed by atoms with Crippen molar-refractivity contribution < 1.29 is 0 Å². The van der Waals surface area contributed by atoms with Crippen LogP contribution in [0.3, 0.4) is 0 Å². The zero-order chi connectivity index (χ0) is 12.7. The van der Waals surface area contributed by atoms with Gasteiger partial charge in [0, 0.05) is 10.5 Å². The summed E-state index contributed by atoms with van der Waals surface area (Å²) in [4.78, 5) is 0. The van der Waals surface area contributed by atoms with Gasteiger partial charge in [0.2, 0.25) is 0 Å². The maximum atomic E-state index is 3.61. The Labute approximate surface area is 114 Å². The Balaban J connectivity index is 2.56. The van der Waals surface area contributed by atoms with Crippen molar-refractivity contribution in [3.05, 3.63) is 34.3 Å². The van der Waals surface area contributed by atoms with Gasteiger partial charge in [-0.15, -0.1) is 0 Å². The van der Waals surface area contributed by atoms with Gasteiger partial charge < -0.3 is 5.32 Å². The van der Waals surface area contributed by atoms with Crippen molar-refractivity contribution in [3.8, 4) is 0 Å². The fraction of sp³-hybridized carbons (Fsp3) is 0.600. The second-order valence-corrected chi connectivity index (χ2v) is 5.66. The monoisotopic (exact) mass is 297 g/mol. The van der Waals surface area contributed by atoms with Crippen LogP contribution in [-0.2, 0) is 6.42 Å². The van der Waals surface area contributed by atoms with Crippen molar-refractivity contribution in [1.29, 1.82) is 0 Å². The van der Waals surface area contributed by atoms with E-state index in [0.717, 1.165) is 18.9 Å². The smallest absolute Gasteiger partial charge is 0.0177 e. The maximum Gasteiger partial charge on any atom is 0.0177 e. The summed E-state index contributed by atoms with van der Waals surface area (Å²) in [5.74, 6) is 0.718. The summed E-state index contributed by atoms with van der Waals surface area (Å²) in [6.07, 6.45) is 3.59. The Morgan fingerprint density at radius 1 is 1.29 bits per heavy atom. The average Bonchev–Trinajstić information content (AvgIpc) is 2.33. The molecular weight excluding hydrogens is 274 g/mol. The molecule has 0 aliphatic carbocycles. The van der Waals surface area contributed by atoms with Crippen LogP contribution in [-0.4, -0.2) is 12.6 Å². The lowest BCUT2D eigenvalue weighted by Gasteiger charge is -2.24. The van der Waals surface area contributed by atoms with Crippen LogP contribution in [0.2, 0.25) is 0 Å². The lowest BCUT2D eigenvalue weighted by Crippen LogP contribution is -2.34. The quantitative estimate of drug-likeness (QED) is 0.786. The highest BCUT2D eigenvalue weighted by Crippen LogP contribution is 2.19. The first-order chi connectivity index (χ1) is 8.17. The van der Waals surface area contributed by atoms with Crippen LogP contribution in [0.1, 0.15) is 39.2 Å². The van der Waals surface area contributed by atoms with Crippen molar-refractivity contribution in [1.82, 2.24) is 5.32 Å². The summed E-state index contributed by atoms with van der Waals surface area (Å²) in [7, 11) is 0. The van der Waals surface area contributed by atoms with E-state index in [-0.39, 0.29) is 0 Å². The zero-order valence-electron chi connectivity index (χ0n) is 11.2. The molecule has 0 heterocycles. The second-order valence-electron chi connectivity index (χ2n) is 4.75. The van der Waals surface area contributed by atoms with Gasteiger partial charge in [0.05, 0.1) is 0 Å². The van der Waals surface area contributed by atoms with Gasteiger partial charge in [-0.05, 0) is 49.9 Å². The van der Waals surface area contributed by atoms with E-state index in [2.05, 4.69) is 66.3 Å². The lowest BCUT2D eigenvalue weighted by molar-refractivity contribution is 0.362. The van der Waals surface area contributed by atoms with E-state index in [1.807, 2.05) is 0 Å².